The topological polar surface area (TPSA) is 78.9 Å². The second-order valence-corrected chi connectivity index (χ2v) is 17.4. The van der Waals surface area contributed by atoms with Gasteiger partial charge in [-0.05, 0) is 44.9 Å². The largest absolute Gasteiger partial charge is 0.462 e. The quantitative estimate of drug-likeness (QED) is 0.0263. The van der Waals surface area contributed by atoms with Crippen LogP contribution in [0, 0.1) is 0 Å². The van der Waals surface area contributed by atoms with Crippen molar-refractivity contribution in [2.75, 3.05) is 13.2 Å². The van der Waals surface area contributed by atoms with Crippen molar-refractivity contribution < 1.29 is 28.6 Å². The molecule has 0 amide bonds. The number of rotatable bonds is 47. The molecule has 0 aliphatic heterocycles. The van der Waals surface area contributed by atoms with Crippen molar-refractivity contribution in [2.45, 2.75) is 290 Å². The molecule has 1 atom stereocenters. The Morgan fingerprint density at radius 2 is 0.569 bits per heavy atom. The van der Waals surface area contributed by atoms with Crippen molar-refractivity contribution in [3.63, 3.8) is 0 Å². The molecule has 0 radical (unpaired) electrons. The normalized spacial score (nSPS) is 12.0. The molecule has 1 unspecified atom stereocenters. The van der Waals surface area contributed by atoms with Gasteiger partial charge in [0.1, 0.15) is 13.2 Å². The maximum absolute atomic E-state index is 12.7. The van der Waals surface area contributed by atoms with Crippen molar-refractivity contribution in [3.05, 3.63) is 12.2 Å². The molecule has 0 spiro atoms. The molecule has 342 valence electrons. The smallest absolute Gasteiger partial charge is 0.306 e. The predicted molar refractivity (Wildman–Crippen MR) is 247 cm³/mol. The lowest BCUT2D eigenvalue weighted by Crippen LogP contribution is -2.30. The van der Waals surface area contributed by atoms with Gasteiger partial charge < -0.3 is 14.2 Å². The number of esters is 3. The van der Waals surface area contributed by atoms with Crippen LogP contribution in [0.25, 0.3) is 0 Å². The highest BCUT2D eigenvalue weighted by Crippen LogP contribution is 2.16. The van der Waals surface area contributed by atoms with Gasteiger partial charge in [0, 0.05) is 19.3 Å². The number of hydrogen-bond acceptors (Lipinski definition) is 6. The van der Waals surface area contributed by atoms with E-state index in [1.165, 1.54) is 180 Å². The van der Waals surface area contributed by atoms with Crippen LogP contribution in [0.5, 0.6) is 0 Å². The molecule has 0 aromatic carbocycles. The van der Waals surface area contributed by atoms with Crippen LogP contribution in [0.3, 0.4) is 0 Å². The Labute approximate surface area is 360 Å². The molecule has 0 rings (SSSR count). The van der Waals surface area contributed by atoms with Crippen molar-refractivity contribution in [2.24, 2.45) is 0 Å². The highest BCUT2D eigenvalue weighted by atomic mass is 16.6. The SMILES string of the molecule is CCCCC/C=C\CCCCCCCC(=O)OC(COC(=O)CCCCCCCCCC)COC(=O)CCCCCCCCCCCCCCCCCCCCCC. The lowest BCUT2D eigenvalue weighted by atomic mass is 10.0. The Kier molecular flexibility index (Phi) is 46.3. The summed E-state index contributed by atoms with van der Waals surface area (Å²) in [6.45, 7) is 6.61. The highest BCUT2D eigenvalue weighted by molar-refractivity contribution is 5.71. The van der Waals surface area contributed by atoms with E-state index in [9.17, 15) is 14.4 Å². The fraction of sp³-hybridized carbons (Fsp3) is 0.904. The van der Waals surface area contributed by atoms with E-state index >= 15 is 0 Å². The standard InChI is InChI=1S/C52H98O6/c1-4-7-10-13-16-19-21-23-24-25-26-27-28-29-30-32-33-36-39-42-45-51(54)57-48-49(47-56-50(53)44-41-38-35-18-15-12-9-6-3)58-52(55)46-43-40-37-34-31-22-20-17-14-11-8-5-2/h17,20,49H,4-16,18-19,21-48H2,1-3H3/b20-17-. The minimum atomic E-state index is -0.766. The van der Waals surface area contributed by atoms with Crippen LogP contribution in [0.1, 0.15) is 284 Å². The van der Waals surface area contributed by atoms with E-state index in [-0.39, 0.29) is 31.1 Å². The number of carbonyl (C=O) groups excluding carboxylic acids is 3. The van der Waals surface area contributed by atoms with Crippen LogP contribution in [-0.2, 0) is 28.6 Å². The number of unbranched alkanes of at least 4 members (excludes halogenated alkanes) is 34. The van der Waals surface area contributed by atoms with E-state index in [1.54, 1.807) is 0 Å². The van der Waals surface area contributed by atoms with Gasteiger partial charge in [0.25, 0.3) is 0 Å². The first-order valence-corrected chi connectivity index (χ1v) is 25.7. The molecular formula is C52H98O6. The van der Waals surface area contributed by atoms with Crippen molar-refractivity contribution >= 4 is 17.9 Å². The fourth-order valence-electron chi connectivity index (χ4n) is 7.61. The maximum atomic E-state index is 12.7. The van der Waals surface area contributed by atoms with Gasteiger partial charge in [-0.15, -0.1) is 0 Å². The summed E-state index contributed by atoms with van der Waals surface area (Å²) in [4.78, 5) is 37.8. The van der Waals surface area contributed by atoms with Gasteiger partial charge in [-0.3, -0.25) is 14.4 Å². The van der Waals surface area contributed by atoms with Crippen molar-refractivity contribution in [1.82, 2.24) is 0 Å². The fourth-order valence-corrected chi connectivity index (χ4v) is 7.61. The first kappa shape index (κ1) is 56.1. The van der Waals surface area contributed by atoms with E-state index in [0.29, 0.717) is 19.3 Å². The van der Waals surface area contributed by atoms with E-state index in [1.807, 2.05) is 0 Å². The van der Waals surface area contributed by atoms with Gasteiger partial charge >= 0.3 is 17.9 Å². The van der Waals surface area contributed by atoms with Crippen LogP contribution in [0.2, 0.25) is 0 Å². The molecule has 6 heteroatoms. The summed E-state index contributed by atoms with van der Waals surface area (Å²) in [7, 11) is 0. The average molecular weight is 819 g/mol. The lowest BCUT2D eigenvalue weighted by molar-refractivity contribution is -0.167. The van der Waals surface area contributed by atoms with Crippen molar-refractivity contribution in [3.8, 4) is 0 Å². The molecule has 58 heavy (non-hydrogen) atoms. The zero-order valence-corrected chi connectivity index (χ0v) is 39.1. The maximum Gasteiger partial charge on any atom is 0.306 e. The van der Waals surface area contributed by atoms with Gasteiger partial charge in [-0.2, -0.15) is 0 Å². The molecule has 0 saturated heterocycles. The monoisotopic (exact) mass is 819 g/mol. The molecule has 0 aromatic heterocycles. The number of hydrogen-bond donors (Lipinski definition) is 0. The summed E-state index contributed by atoms with van der Waals surface area (Å²) < 4.78 is 16.7. The van der Waals surface area contributed by atoms with Crippen LogP contribution in [-0.4, -0.2) is 37.2 Å². The molecule has 0 aliphatic rings. The number of ether oxygens (including phenoxy) is 3. The van der Waals surface area contributed by atoms with Gasteiger partial charge in [0.05, 0.1) is 0 Å². The van der Waals surface area contributed by atoms with E-state index in [0.717, 1.165) is 64.2 Å². The number of allylic oxidation sites excluding steroid dienone is 2. The van der Waals surface area contributed by atoms with Crippen LogP contribution >= 0.6 is 0 Å². The molecule has 0 saturated carbocycles. The van der Waals surface area contributed by atoms with E-state index < -0.39 is 6.10 Å². The minimum Gasteiger partial charge on any atom is -0.462 e. The Balaban J connectivity index is 4.18. The van der Waals surface area contributed by atoms with Crippen LogP contribution < -0.4 is 0 Å². The first-order chi connectivity index (χ1) is 28.5. The molecule has 0 N–H and O–H groups in total. The number of carbonyl (C=O) groups is 3. The van der Waals surface area contributed by atoms with E-state index in [4.69, 9.17) is 14.2 Å². The first-order valence-electron chi connectivity index (χ1n) is 25.7. The molecule has 0 aromatic rings. The van der Waals surface area contributed by atoms with Gasteiger partial charge in [-0.25, -0.2) is 0 Å². The minimum absolute atomic E-state index is 0.0687. The van der Waals surface area contributed by atoms with Crippen molar-refractivity contribution in [1.29, 1.82) is 0 Å². The zero-order valence-electron chi connectivity index (χ0n) is 39.1. The Bertz CT molecular complexity index is 900. The molecule has 0 fully saturated rings. The predicted octanol–water partition coefficient (Wildman–Crippen LogP) is 16.6. The summed E-state index contributed by atoms with van der Waals surface area (Å²) in [5, 5.41) is 0. The summed E-state index contributed by atoms with van der Waals surface area (Å²) in [5.74, 6) is -0.868. The molecular weight excluding hydrogens is 721 g/mol. The summed E-state index contributed by atoms with van der Waals surface area (Å²) >= 11 is 0. The summed E-state index contributed by atoms with van der Waals surface area (Å²) in [6.07, 6.45) is 52.1. The molecule has 6 nitrogen and oxygen atoms in total. The molecule has 0 heterocycles. The third kappa shape index (κ3) is 45.2. The van der Waals surface area contributed by atoms with Crippen LogP contribution in [0.4, 0.5) is 0 Å². The highest BCUT2D eigenvalue weighted by Gasteiger charge is 2.19. The molecule has 0 aliphatic carbocycles. The zero-order chi connectivity index (χ0) is 42.3. The molecule has 0 bridgehead atoms. The third-order valence-corrected chi connectivity index (χ3v) is 11.5. The van der Waals surface area contributed by atoms with Gasteiger partial charge in [-0.1, -0.05) is 232 Å². The Morgan fingerprint density at radius 1 is 0.328 bits per heavy atom. The van der Waals surface area contributed by atoms with E-state index in [2.05, 4.69) is 32.9 Å². The average Bonchev–Trinajstić information content (AvgIpc) is 3.22. The third-order valence-electron chi connectivity index (χ3n) is 11.5. The lowest BCUT2D eigenvalue weighted by Gasteiger charge is -2.18. The second kappa shape index (κ2) is 47.8. The van der Waals surface area contributed by atoms with Crippen LogP contribution in [0.15, 0.2) is 12.2 Å². The van der Waals surface area contributed by atoms with Gasteiger partial charge in [0.15, 0.2) is 6.10 Å². The Morgan fingerprint density at radius 3 is 0.897 bits per heavy atom. The summed E-state index contributed by atoms with van der Waals surface area (Å²) in [5.41, 5.74) is 0. The summed E-state index contributed by atoms with van der Waals surface area (Å²) in [6, 6.07) is 0. The second-order valence-electron chi connectivity index (χ2n) is 17.4. The van der Waals surface area contributed by atoms with Gasteiger partial charge in [0.2, 0.25) is 0 Å². The Hall–Kier alpha value is -1.85.